The van der Waals surface area contributed by atoms with Gasteiger partial charge >= 0.3 is 12.3 Å². The van der Waals surface area contributed by atoms with E-state index in [9.17, 15) is 18.0 Å². The van der Waals surface area contributed by atoms with Crippen molar-refractivity contribution in [3.05, 3.63) is 21.9 Å². The van der Waals surface area contributed by atoms with E-state index in [1.54, 1.807) is 0 Å². The van der Waals surface area contributed by atoms with Crippen LogP contribution in [0.1, 0.15) is 0 Å². The molecule has 0 aromatic carbocycles. The molecule has 1 N–H and O–H groups in total. The zero-order valence-corrected chi connectivity index (χ0v) is 10.4. The highest BCUT2D eigenvalue weighted by Crippen LogP contribution is 2.23. The van der Waals surface area contributed by atoms with E-state index in [0.29, 0.717) is 4.47 Å². The summed E-state index contributed by atoms with van der Waals surface area (Å²) in [7, 11) is 0. The first kappa shape index (κ1) is 14.0. The Morgan fingerprint density at radius 1 is 1.59 bits per heavy atom. The number of pyridine rings is 1. The molecule has 0 aliphatic heterocycles. The predicted octanol–water partition coefficient (Wildman–Crippen LogP) is 3.61. The van der Waals surface area contributed by atoms with Gasteiger partial charge in [-0.15, -0.1) is 0 Å². The van der Waals surface area contributed by atoms with Crippen LogP contribution in [0.4, 0.5) is 23.7 Å². The molecular formula is C8H5BrClF3N2O2. The lowest BCUT2D eigenvalue weighted by atomic mass is 10.4. The van der Waals surface area contributed by atoms with Crippen LogP contribution < -0.4 is 5.32 Å². The van der Waals surface area contributed by atoms with Gasteiger partial charge in [-0.1, -0.05) is 11.6 Å². The fourth-order valence-electron chi connectivity index (χ4n) is 0.791. The van der Waals surface area contributed by atoms with E-state index >= 15 is 0 Å². The maximum Gasteiger partial charge on any atom is 0.422 e. The zero-order valence-electron chi connectivity index (χ0n) is 8.02. The van der Waals surface area contributed by atoms with Crippen molar-refractivity contribution >= 4 is 39.3 Å². The molecule has 1 aromatic rings. The highest BCUT2D eigenvalue weighted by Gasteiger charge is 2.29. The molecule has 0 radical (unpaired) electrons. The number of hydrogen-bond acceptors (Lipinski definition) is 3. The van der Waals surface area contributed by atoms with Crippen LogP contribution in [0.25, 0.3) is 0 Å². The molecule has 0 aliphatic carbocycles. The van der Waals surface area contributed by atoms with Gasteiger partial charge in [0, 0.05) is 0 Å². The van der Waals surface area contributed by atoms with Gasteiger partial charge in [-0.3, -0.25) is 5.32 Å². The Labute approximate surface area is 107 Å². The Morgan fingerprint density at radius 3 is 2.76 bits per heavy atom. The number of carbonyl (C=O) groups is 1. The molecule has 94 valence electrons. The summed E-state index contributed by atoms with van der Waals surface area (Å²) in [5.74, 6) is 0. The number of anilines is 1. The van der Waals surface area contributed by atoms with E-state index in [4.69, 9.17) is 11.6 Å². The molecule has 0 fully saturated rings. The van der Waals surface area contributed by atoms with Crippen LogP contribution in [0.2, 0.25) is 5.15 Å². The summed E-state index contributed by atoms with van der Waals surface area (Å²) in [5, 5.41) is 2.24. The van der Waals surface area contributed by atoms with Crippen LogP contribution in [0.5, 0.6) is 0 Å². The number of ether oxygens (including phenoxy) is 1. The molecule has 0 bridgehead atoms. The summed E-state index contributed by atoms with van der Waals surface area (Å²) in [6.45, 7) is -1.65. The molecule has 0 saturated carbocycles. The lowest BCUT2D eigenvalue weighted by Gasteiger charge is -2.09. The summed E-state index contributed by atoms with van der Waals surface area (Å²) in [5.41, 5.74) is 0.161. The summed E-state index contributed by atoms with van der Waals surface area (Å²) < 4.78 is 39.5. The molecule has 1 heterocycles. The van der Waals surface area contributed by atoms with E-state index in [0.717, 1.165) is 0 Å². The van der Waals surface area contributed by atoms with Crippen LogP contribution in [0.15, 0.2) is 16.7 Å². The maximum atomic E-state index is 11.7. The van der Waals surface area contributed by atoms with Gasteiger partial charge in [-0.25, -0.2) is 9.78 Å². The number of halogens is 5. The SMILES string of the molecule is O=C(Nc1cnc(Cl)c(Br)c1)OCC(F)(F)F. The van der Waals surface area contributed by atoms with Crippen molar-refractivity contribution in [1.29, 1.82) is 0 Å². The van der Waals surface area contributed by atoms with Crippen molar-refractivity contribution in [2.45, 2.75) is 6.18 Å². The molecule has 4 nitrogen and oxygen atoms in total. The van der Waals surface area contributed by atoms with Crippen molar-refractivity contribution in [3.63, 3.8) is 0 Å². The van der Waals surface area contributed by atoms with E-state index in [2.05, 4.69) is 31.0 Å². The molecule has 1 aromatic heterocycles. The third-order valence-electron chi connectivity index (χ3n) is 1.41. The van der Waals surface area contributed by atoms with E-state index in [-0.39, 0.29) is 10.8 Å². The summed E-state index contributed by atoms with van der Waals surface area (Å²) in [6.07, 6.45) is -4.60. The Kier molecular flexibility index (Phi) is 4.58. The number of carbonyl (C=O) groups excluding carboxylic acids is 1. The molecular weight excluding hydrogens is 328 g/mol. The first-order valence-electron chi connectivity index (χ1n) is 4.09. The maximum absolute atomic E-state index is 11.7. The molecule has 1 amide bonds. The fraction of sp³-hybridized carbons (Fsp3) is 0.250. The first-order valence-corrected chi connectivity index (χ1v) is 5.26. The minimum Gasteiger partial charge on any atom is -0.440 e. The predicted molar refractivity (Wildman–Crippen MR) is 58.0 cm³/mol. The second-order valence-corrected chi connectivity index (χ2v) is 4.03. The van der Waals surface area contributed by atoms with Gasteiger partial charge < -0.3 is 4.74 Å². The summed E-state index contributed by atoms with van der Waals surface area (Å²) in [6, 6.07) is 1.38. The van der Waals surface area contributed by atoms with Gasteiger partial charge in [-0.2, -0.15) is 13.2 Å². The number of nitrogens with one attached hydrogen (secondary N) is 1. The van der Waals surface area contributed by atoms with Gasteiger partial charge in [0.05, 0.1) is 16.4 Å². The standard InChI is InChI=1S/C8H5BrClF3N2O2/c9-5-1-4(2-14-6(5)10)15-7(16)17-3-8(11,12)13/h1-2H,3H2,(H,15,16). The second kappa shape index (κ2) is 5.54. The van der Waals surface area contributed by atoms with Gasteiger partial charge in [0.2, 0.25) is 0 Å². The average molecular weight is 333 g/mol. The second-order valence-electron chi connectivity index (χ2n) is 2.81. The van der Waals surface area contributed by atoms with Gasteiger partial charge in [-0.05, 0) is 22.0 Å². The molecule has 0 unspecified atom stereocenters. The van der Waals surface area contributed by atoms with Crippen LogP contribution in [0.3, 0.4) is 0 Å². The van der Waals surface area contributed by atoms with Crippen LogP contribution in [-0.4, -0.2) is 23.9 Å². The van der Waals surface area contributed by atoms with E-state index in [1.807, 2.05) is 0 Å². The third kappa shape index (κ3) is 5.22. The number of nitrogens with zero attached hydrogens (tertiary/aromatic N) is 1. The zero-order chi connectivity index (χ0) is 13.1. The van der Waals surface area contributed by atoms with Crippen molar-refractivity contribution in [3.8, 4) is 0 Å². The van der Waals surface area contributed by atoms with Crippen LogP contribution >= 0.6 is 27.5 Å². The topological polar surface area (TPSA) is 51.2 Å². The lowest BCUT2D eigenvalue weighted by molar-refractivity contribution is -0.159. The Balaban J connectivity index is 2.54. The number of rotatable bonds is 2. The highest BCUT2D eigenvalue weighted by atomic mass is 79.9. The number of hydrogen-bond donors (Lipinski definition) is 1. The number of amides is 1. The van der Waals surface area contributed by atoms with Crippen molar-refractivity contribution < 1.29 is 22.7 Å². The summed E-state index contributed by atoms with van der Waals surface area (Å²) >= 11 is 8.63. The van der Waals surface area contributed by atoms with Gasteiger partial charge in [0.25, 0.3) is 0 Å². The molecule has 1 rings (SSSR count). The van der Waals surface area contributed by atoms with E-state index < -0.39 is 18.9 Å². The van der Waals surface area contributed by atoms with Crippen molar-refractivity contribution in [2.75, 3.05) is 11.9 Å². The van der Waals surface area contributed by atoms with Crippen molar-refractivity contribution in [2.24, 2.45) is 0 Å². The summed E-state index contributed by atoms with van der Waals surface area (Å²) in [4.78, 5) is 14.6. The fourth-order valence-corrected chi connectivity index (χ4v) is 1.24. The van der Waals surface area contributed by atoms with Gasteiger partial charge in [0.15, 0.2) is 6.61 Å². The Hall–Kier alpha value is -1.02. The van der Waals surface area contributed by atoms with Gasteiger partial charge in [0.1, 0.15) is 5.15 Å². The smallest absolute Gasteiger partial charge is 0.422 e. The normalized spacial score (nSPS) is 11.1. The minimum atomic E-state index is -4.56. The average Bonchev–Trinajstić information content (AvgIpc) is 2.20. The number of alkyl halides is 3. The Morgan fingerprint density at radius 2 is 2.24 bits per heavy atom. The molecule has 9 heteroatoms. The number of aromatic nitrogens is 1. The van der Waals surface area contributed by atoms with Crippen molar-refractivity contribution in [1.82, 2.24) is 4.98 Å². The lowest BCUT2D eigenvalue weighted by Crippen LogP contribution is -2.23. The van der Waals surface area contributed by atoms with E-state index in [1.165, 1.54) is 12.3 Å². The Bertz CT molecular complexity index is 428. The molecule has 17 heavy (non-hydrogen) atoms. The third-order valence-corrected chi connectivity index (χ3v) is 2.54. The highest BCUT2D eigenvalue weighted by molar-refractivity contribution is 9.10. The van der Waals surface area contributed by atoms with Crippen LogP contribution in [-0.2, 0) is 4.74 Å². The quantitative estimate of drug-likeness (QED) is 0.841. The molecule has 0 aliphatic rings. The molecule has 0 spiro atoms. The minimum absolute atomic E-state index is 0.161. The largest absolute Gasteiger partial charge is 0.440 e. The van der Waals surface area contributed by atoms with Crippen LogP contribution in [0, 0.1) is 0 Å². The molecule has 0 atom stereocenters. The molecule has 0 saturated heterocycles. The monoisotopic (exact) mass is 332 g/mol. The first-order chi connectivity index (χ1) is 7.78.